The quantitative estimate of drug-likeness (QED) is 0.852. The van der Waals surface area contributed by atoms with Crippen molar-refractivity contribution in [1.82, 2.24) is 10.2 Å². The normalized spacial score (nSPS) is 24.0. The van der Waals surface area contributed by atoms with Crippen molar-refractivity contribution in [3.05, 3.63) is 71.4 Å². The summed E-state index contributed by atoms with van der Waals surface area (Å²) in [4.78, 5) is 14.2. The van der Waals surface area contributed by atoms with Crippen molar-refractivity contribution >= 4 is 35.0 Å². The van der Waals surface area contributed by atoms with Gasteiger partial charge < -0.3 is 15.1 Å². The highest BCUT2D eigenvalue weighted by molar-refractivity contribution is 6.30. The monoisotopic (exact) mass is 391 g/mol. The minimum atomic E-state index is -0.0453. The molecule has 3 aliphatic heterocycles. The maximum absolute atomic E-state index is 6.28. The molecule has 0 bridgehead atoms. The predicted molar refractivity (Wildman–Crippen MR) is 116 cm³/mol. The van der Waals surface area contributed by atoms with E-state index in [2.05, 4.69) is 57.7 Å². The minimum Gasteiger partial charge on any atom is -0.357 e. The summed E-state index contributed by atoms with van der Waals surface area (Å²) in [6.07, 6.45) is 3.89. The lowest BCUT2D eigenvalue weighted by molar-refractivity contribution is 0.342. The summed E-state index contributed by atoms with van der Waals surface area (Å²) in [5.41, 5.74) is 3.51. The summed E-state index contributed by atoms with van der Waals surface area (Å²) < 4.78 is 0. The second-order valence-electron chi connectivity index (χ2n) is 7.22. The Balaban J connectivity index is 1.58. The van der Waals surface area contributed by atoms with Crippen LogP contribution in [0.2, 0.25) is 5.02 Å². The molecular formula is C22H22ClN5. The summed E-state index contributed by atoms with van der Waals surface area (Å²) in [5.74, 6) is 1.21. The number of halogens is 1. The van der Waals surface area contributed by atoms with E-state index >= 15 is 0 Å². The van der Waals surface area contributed by atoms with E-state index in [-0.39, 0.29) is 12.1 Å². The van der Waals surface area contributed by atoms with Crippen molar-refractivity contribution in [3.63, 3.8) is 0 Å². The van der Waals surface area contributed by atoms with Crippen LogP contribution in [0.5, 0.6) is 0 Å². The van der Waals surface area contributed by atoms with E-state index in [1.165, 1.54) is 11.1 Å². The van der Waals surface area contributed by atoms with Gasteiger partial charge in [0.15, 0.2) is 0 Å². The lowest BCUT2D eigenvalue weighted by atomic mass is 9.90. The molecular weight excluding hydrogens is 370 g/mol. The smallest absolute Gasteiger partial charge is 0.140 e. The Hall–Kier alpha value is -2.63. The molecule has 3 heterocycles. The Morgan fingerprint density at radius 2 is 1.82 bits per heavy atom. The molecule has 28 heavy (non-hydrogen) atoms. The summed E-state index contributed by atoms with van der Waals surface area (Å²) >= 11 is 6.28. The number of benzene rings is 2. The first kappa shape index (κ1) is 17.5. The number of piperazine rings is 1. The molecule has 2 unspecified atom stereocenters. The fourth-order valence-corrected chi connectivity index (χ4v) is 4.40. The first-order valence-electron chi connectivity index (χ1n) is 9.67. The maximum Gasteiger partial charge on any atom is 0.140 e. The zero-order valence-electron chi connectivity index (χ0n) is 15.5. The molecule has 0 aliphatic carbocycles. The van der Waals surface area contributed by atoms with Crippen LogP contribution in [-0.4, -0.2) is 49.4 Å². The Bertz CT molecular complexity index is 946. The number of anilines is 1. The van der Waals surface area contributed by atoms with Crippen LogP contribution >= 0.6 is 11.6 Å². The van der Waals surface area contributed by atoms with Crippen LogP contribution < -0.4 is 10.2 Å². The Kier molecular flexibility index (Phi) is 4.63. The first-order chi connectivity index (χ1) is 13.8. The number of nitrogens with one attached hydrogen (secondary N) is 1. The number of aliphatic imine (C=N–C) groups is 2. The van der Waals surface area contributed by atoms with E-state index in [4.69, 9.17) is 21.6 Å². The molecule has 0 spiro atoms. The molecule has 0 saturated carbocycles. The van der Waals surface area contributed by atoms with E-state index in [0.29, 0.717) is 0 Å². The largest absolute Gasteiger partial charge is 0.357 e. The van der Waals surface area contributed by atoms with Crippen LogP contribution in [-0.2, 0) is 0 Å². The fourth-order valence-electron chi connectivity index (χ4n) is 4.22. The van der Waals surface area contributed by atoms with Crippen molar-refractivity contribution < 1.29 is 0 Å². The zero-order valence-corrected chi connectivity index (χ0v) is 16.3. The van der Waals surface area contributed by atoms with Crippen LogP contribution in [0.1, 0.15) is 5.56 Å². The van der Waals surface area contributed by atoms with Gasteiger partial charge in [0.25, 0.3) is 0 Å². The second-order valence-corrected chi connectivity index (χ2v) is 7.65. The standard InChI is InChI=1S/C22H22ClN5/c23-17-7-4-8-18(13-17)28-14-19(16-5-2-1-3-6-16)20-21(25-15-26-22(20)28)27-11-9-24-10-12-27/h1-8,13-15,20,22,24H,9-12H2. The van der Waals surface area contributed by atoms with Crippen molar-refractivity contribution in [1.29, 1.82) is 0 Å². The van der Waals surface area contributed by atoms with Gasteiger partial charge in [-0.25, -0.2) is 9.98 Å². The Morgan fingerprint density at radius 3 is 2.61 bits per heavy atom. The molecule has 1 saturated heterocycles. The molecule has 2 atom stereocenters. The summed E-state index contributed by atoms with van der Waals surface area (Å²) in [5, 5.41) is 4.16. The number of rotatable bonds is 2. The van der Waals surface area contributed by atoms with Gasteiger partial charge in [-0.15, -0.1) is 0 Å². The van der Waals surface area contributed by atoms with Gasteiger partial charge in [-0.05, 0) is 29.3 Å². The van der Waals surface area contributed by atoms with Crippen LogP contribution in [0.15, 0.2) is 70.8 Å². The number of amidine groups is 1. The first-order valence-corrected chi connectivity index (χ1v) is 10.0. The van der Waals surface area contributed by atoms with E-state index < -0.39 is 0 Å². The Morgan fingerprint density at radius 1 is 1.00 bits per heavy atom. The summed E-state index contributed by atoms with van der Waals surface area (Å²) in [7, 11) is 0. The van der Waals surface area contributed by atoms with Crippen molar-refractivity contribution in [2.24, 2.45) is 15.9 Å². The van der Waals surface area contributed by atoms with E-state index in [1.807, 2.05) is 18.2 Å². The second kappa shape index (κ2) is 7.41. The fraction of sp³-hybridized carbons (Fsp3) is 0.273. The zero-order chi connectivity index (χ0) is 18.9. The highest BCUT2D eigenvalue weighted by atomic mass is 35.5. The summed E-state index contributed by atoms with van der Waals surface area (Å²) in [6, 6.07) is 18.5. The lowest BCUT2D eigenvalue weighted by Gasteiger charge is -2.37. The third kappa shape index (κ3) is 3.11. The third-order valence-electron chi connectivity index (χ3n) is 5.54. The molecule has 5 nitrogen and oxygen atoms in total. The van der Waals surface area contributed by atoms with Crippen LogP contribution in [0.3, 0.4) is 0 Å². The number of hydrogen-bond acceptors (Lipinski definition) is 5. The van der Waals surface area contributed by atoms with Crippen LogP contribution in [0.4, 0.5) is 5.69 Å². The van der Waals surface area contributed by atoms with Gasteiger partial charge in [0.1, 0.15) is 18.3 Å². The lowest BCUT2D eigenvalue weighted by Crippen LogP contribution is -2.51. The van der Waals surface area contributed by atoms with Gasteiger partial charge in [-0.1, -0.05) is 48.0 Å². The highest BCUT2D eigenvalue weighted by Gasteiger charge is 2.43. The Labute approximate surface area is 170 Å². The van der Waals surface area contributed by atoms with Gasteiger partial charge >= 0.3 is 0 Å². The SMILES string of the molecule is Clc1cccc(N2C=C(c3ccccc3)C3C(N4CCNCC4)=NC=NC32)c1. The van der Waals surface area contributed by atoms with Crippen molar-refractivity contribution in [3.8, 4) is 0 Å². The molecule has 6 heteroatoms. The number of hydrogen-bond donors (Lipinski definition) is 1. The highest BCUT2D eigenvalue weighted by Crippen LogP contribution is 2.41. The molecule has 5 rings (SSSR count). The molecule has 142 valence electrons. The predicted octanol–water partition coefficient (Wildman–Crippen LogP) is 3.49. The third-order valence-corrected chi connectivity index (χ3v) is 5.77. The molecule has 3 aliphatic rings. The molecule has 2 aromatic carbocycles. The van der Waals surface area contributed by atoms with Gasteiger partial charge in [0, 0.05) is 43.1 Å². The molecule has 0 amide bonds. The summed E-state index contributed by atoms with van der Waals surface area (Å²) in [6.45, 7) is 3.90. The maximum atomic E-state index is 6.28. The van der Waals surface area contributed by atoms with Crippen LogP contribution in [0, 0.1) is 5.92 Å². The number of fused-ring (bicyclic) bond motifs is 1. The van der Waals surface area contributed by atoms with Crippen molar-refractivity contribution in [2.75, 3.05) is 31.1 Å². The van der Waals surface area contributed by atoms with E-state index in [0.717, 1.165) is 42.7 Å². The average molecular weight is 392 g/mol. The van der Waals surface area contributed by atoms with E-state index in [1.54, 1.807) is 6.34 Å². The topological polar surface area (TPSA) is 43.2 Å². The van der Waals surface area contributed by atoms with E-state index in [9.17, 15) is 0 Å². The number of nitrogens with zero attached hydrogens (tertiary/aromatic N) is 4. The average Bonchev–Trinajstić information content (AvgIpc) is 3.15. The molecule has 0 radical (unpaired) electrons. The van der Waals surface area contributed by atoms with Crippen LogP contribution in [0.25, 0.3) is 5.57 Å². The van der Waals surface area contributed by atoms with Gasteiger partial charge in [-0.3, -0.25) is 0 Å². The van der Waals surface area contributed by atoms with Crippen molar-refractivity contribution in [2.45, 2.75) is 6.17 Å². The van der Waals surface area contributed by atoms with Gasteiger partial charge in [0.2, 0.25) is 0 Å². The molecule has 1 N–H and O–H groups in total. The molecule has 0 aromatic heterocycles. The van der Waals surface area contributed by atoms with Gasteiger partial charge in [0.05, 0.1) is 5.92 Å². The molecule has 2 aromatic rings. The molecule has 1 fully saturated rings. The minimum absolute atomic E-state index is 0.0453. The van der Waals surface area contributed by atoms with Gasteiger partial charge in [-0.2, -0.15) is 0 Å².